The maximum absolute atomic E-state index is 5.44. The molecule has 0 fully saturated rings. The molecule has 0 aromatic carbocycles. The van der Waals surface area contributed by atoms with Gasteiger partial charge in [0.2, 0.25) is 0 Å². The van der Waals surface area contributed by atoms with Crippen molar-refractivity contribution in [3.63, 3.8) is 0 Å². The summed E-state index contributed by atoms with van der Waals surface area (Å²) in [6.45, 7) is 3.28. The molecule has 0 radical (unpaired) electrons. The van der Waals surface area contributed by atoms with Gasteiger partial charge in [-0.25, -0.2) is 0 Å². The first-order valence-corrected chi connectivity index (χ1v) is 4.14. The lowest BCUT2D eigenvalue weighted by Crippen LogP contribution is -2.05. The lowest BCUT2D eigenvalue weighted by Gasteiger charge is -2.07. The molecule has 3 heteroatoms. The summed E-state index contributed by atoms with van der Waals surface area (Å²) in [6, 6.07) is 1.87. The zero-order valence-electron chi connectivity index (χ0n) is 7.29. The molecule has 1 aromatic rings. The highest BCUT2D eigenvalue weighted by molar-refractivity contribution is 5.30. The van der Waals surface area contributed by atoms with E-state index in [1.165, 1.54) is 0 Å². The van der Waals surface area contributed by atoms with Gasteiger partial charge in [-0.05, 0) is 26.0 Å². The van der Waals surface area contributed by atoms with E-state index in [9.17, 15) is 0 Å². The number of hydrogen-bond donors (Lipinski definition) is 1. The van der Waals surface area contributed by atoms with Gasteiger partial charge in [0.25, 0.3) is 0 Å². The molecule has 1 aromatic heterocycles. The lowest BCUT2D eigenvalue weighted by atomic mass is 10.2. The molecule has 0 spiro atoms. The predicted molar refractivity (Wildman–Crippen MR) is 48.2 cm³/mol. The van der Waals surface area contributed by atoms with Crippen LogP contribution in [0.25, 0.3) is 0 Å². The molecule has 0 saturated carbocycles. The fourth-order valence-corrected chi connectivity index (χ4v) is 1.05. The third-order valence-corrected chi connectivity index (χ3v) is 1.57. The molecule has 0 aliphatic carbocycles. The molecule has 2 N–H and O–H groups in total. The van der Waals surface area contributed by atoms with Crippen molar-refractivity contribution in [3.8, 4) is 5.75 Å². The molecule has 0 unspecified atom stereocenters. The van der Waals surface area contributed by atoms with Crippen LogP contribution < -0.4 is 10.5 Å². The van der Waals surface area contributed by atoms with Crippen LogP contribution in [0.3, 0.4) is 0 Å². The minimum absolute atomic E-state index is 0.631. The molecule has 0 atom stereocenters. The molecule has 0 aliphatic heterocycles. The number of pyridine rings is 1. The molecule has 0 aliphatic rings. The largest absolute Gasteiger partial charge is 0.493 e. The number of aromatic nitrogens is 1. The van der Waals surface area contributed by atoms with E-state index in [0.717, 1.165) is 17.7 Å². The van der Waals surface area contributed by atoms with Crippen LogP contribution in [0.4, 0.5) is 0 Å². The minimum atomic E-state index is 0.631. The van der Waals surface area contributed by atoms with Gasteiger partial charge in [0.1, 0.15) is 5.75 Å². The first kappa shape index (κ1) is 9.00. The van der Waals surface area contributed by atoms with E-state index in [4.69, 9.17) is 10.5 Å². The fourth-order valence-electron chi connectivity index (χ4n) is 1.05. The normalized spacial score (nSPS) is 9.83. The SMILES string of the molecule is CCOc1ccncc1CCN. The first-order valence-electron chi connectivity index (χ1n) is 4.14. The highest BCUT2D eigenvalue weighted by atomic mass is 16.5. The molecular formula is C9H14N2O. The summed E-state index contributed by atoms with van der Waals surface area (Å²) in [5.41, 5.74) is 6.53. The third kappa shape index (κ3) is 2.20. The van der Waals surface area contributed by atoms with Crippen molar-refractivity contribution < 1.29 is 4.74 Å². The van der Waals surface area contributed by atoms with Crippen molar-refractivity contribution in [2.45, 2.75) is 13.3 Å². The van der Waals surface area contributed by atoms with E-state index in [1.54, 1.807) is 12.4 Å². The van der Waals surface area contributed by atoms with Gasteiger partial charge in [-0.15, -0.1) is 0 Å². The van der Waals surface area contributed by atoms with E-state index >= 15 is 0 Å². The van der Waals surface area contributed by atoms with Crippen LogP contribution in [0.1, 0.15) is 12.5 Å². The molecule has 66 valence electrons. The Morgan fingerprint density at radius 2 is 2.42 bits per heavy atom. The smallest absolute Gasteiger partial charge is 0.125 e. The lowest BCUT2D eigenvalue weighted by molar-refractivity contribution is 0.336. The first-order chi connectivity index (χ1) is 5.88. The van der Waals surface area contributed by atoms with Crippen molar-refractivity contribution in [2.24, 2.45) is 5.73 Å². The van der Waals surface area contributed by atoms with Crippen LogP contribution in [0.15, 0.2) is 18.5 Å². The van der Waals surface area contributed by atoms with Crippen LogP contribution in [0.5, 0.6) is 5.75 Å². The number of ether oxygens (including phenoxy) is 1. The fraction of sp³-hybridized carbons (Fsp3) is 0.444. The van der Waals surface area contributed by atoms with Crippen molar-refractivity contribution in [3.05, 3.63) is 24.0 Å². The van der Waals surface area contributed by atoms with Gasteiger partial charge in [-0.1, -0.05) is 0 Å². The molecule has 3 nitrogen and oxygen atoms in total. The Balaban J connectivity index is 2.77. The summed E-state index contributed by atoms with van der Waals surface area (Å²) in [6.07, 6.45) is 4.35. The second-order valence-corrected chi connectivity index (χ2v) is 2.46. The average molecular weight is 166 g/mol. The molecule has 12 heavy (non-hydrogen) atoms. The monoisotopic (exact) mass is 166 g/mol. The van der Waals surface area contributed by atoms with Crippen molar-refractivity contribution in [1.82, 2.24) is 4.98 Å². The zero-order valence-corrected chi connectivity index (χ0v) is 7.29. The Bertz CT molecular complexity index is 213. The summed E-state index contributed by atoms with van der Waals surface area (Å²) >= 11 is 0. The maximum Gasteiger partial charge on any atom is 0.125 e. The van der Waals surface area contributed by atoms with Gasteiger partial charge in [-0.2, -0.15) is 0 Å². The molecule has 1 rings (SSSR count). The van der Waals surface area contributed by atoms with Gasteiger partial charge < -0.3 is 10.5 Å². The summed E-state index contributed by atoms with van der Waals surface area (Å²) in [4.78, 5) is 4.01. The molecule has 1 heterocycles. The number of nitrogens with zero attached hydrogens (tertiary/aromatic N) is 1. The van der Waals surface area contributed by atoms with Crippen molar-refractivity contribution in [2.75, 3.05) is 13.2 Å². The van der Waals surface area contributed by atoms with E-state index < -0.39 is 0 Å². The Labute approximate surface area is 72.6 Å². The summed E-state index contributed by atoms with van der Waals surface area (Å²) < 4.78 is 5.39. The topological polar surface area (TPSA) is 48.1 Å². The number of hydrogen-bond acceptors (Lipinski definition) is 3. The Morgan fingerprint density at radius 3 is 3.08 bits per heavy atom. The van der Waals surface area contributed by atoms with Crippen LogP contribution >= 0.6 is 0 Å². The molecule has 0 bridgehead atoms. The van der Waals surface area contributed by atoms with E-state index in [-0.39, 0.29) is 0 Å². The van der Waals surface area contributed by atoms with Gasteiger partial charge in [0, 0.05) is 18.0 Å². The average Bonchev–Trinajstić information content (AvgIpc) is 2.09. The Kier molecular flexibility index (Phi) is 3.54. The summed E-state index contributed by atoms with van der Waals surface area (Å²) in [7, 11) is 0. The summed E-state index contributed by atoms with van der Waals surface area (Å²) in [5.74, 6) is 0.901. The van der Waals surface area contributed by atoms with Gasteiger partial charge in [0.05, 0.1) is 6.61 Å². The number of rotatable bonds is 4. The Hall–Kier alpha value is -1.09. The van der Waals surface area contributed by atoms with E-state index in [2.05, 4.69) is 4.98 Å². The van der Waals surface area contributed by atoms with Gasteiger partial charge in [-0.3, -0.25) is 4.98 Å². The minimum Gasteiger partial charge on any atom is -0.493 e. The van der Waals surface area contributed by atoms with Gasteiger partial charge >= 0.3 is 0 Å². The van der Waals surface area contributed by atoms with Crippen molar-refractivity contribution >= 4 is 0 Å². The summed E-state index contributed by atoms with van der Waals surface area (Å²) in [5, 5.41) is 0. The van der Waals surface area contributed by atoms with Crippen molar-refractivity contribution in [1.29, 1.82) is 0 Å². The quantitative estimate of drug-likeness (QED) is 0.725. The second kappa shape index (κ2) is 4.72. The van der Waals surface area contributed by atoms with E-state index in [1.807, 2.05) is 13.0 Å². The molecular weight excluding hydrogens is 152 g/mol. The van der Waals surface area contributed by atoms with Crippen LogP contribution in [0.2, 0.25) is 0 Å². The van der Waals surface area contributed by atoms with E-state index in [0.29, 0.717) is 13.2 Å². The predicted octanol–water partition coefficient (Wildman–Crippen LogP) is 0.982. The maximum atomic E-state index is 5.44. The van der Waals surface area contributed by atoms with Gasteiger partial charge in [0.15, 0.2) is 0 Å². The highest BCUT2D eigenvalue weighted by Crippen LogP contribution is 2.16. The van der Waals surface area contributed by atoms with Crippen LogP contribution in [0, 0.1) is 0 Å². The zero-order chi connectivity index (χ0) is 8.81. The Morgan fingerprint density at radius 1 is 1.58 bits per heavy atom. The molecule has 0 saturated heterocycles. The number of nitrogens with two attached hydrogens (primary N) is 1. The molecule has 0 amide bonds. The van der Waals surface area contributed by atoms with Crippen LogP contribution in [-0.2, 0) is 6.42 Å². The second-order valence-electron chi connectivity index (χ2n) is 2.46. The van der Waals surface area contributed by atoms with Crippen LogP contribution in [-0.4, -0.2) is 18.1 Å². The standard InChI is InChI=1S/C9H14N2O/c1-2-12-9-4-6-11-7-8(9)3-5-10/h4,6-7H,2-3,5,10H2,1H3. The highest BCUT2D eigenvalue weighted by Gasteiger charge is 2.00. The third-order valence-electron chi connectivity index (χ3n) is 1.57.